The summed E-state index contributed by atoms with van der Waals surface area (Å²) in [5.74, 6) is 1.89. The number of amides is 1. The highest BCUT2D eigenvalue weighted by atomic mass is 79.9. The van der Waals surface area contributed by atoms with Crippen LogP contribution in [0, 0.1) is 0 Å². The largest absolute Gasteiger partial charge is 0.494 e. The lowest BCUT2D eigenvalue weighted by atomic mass is 10.0. The van der Waals surface area contributed by atoms with Crippen molar-refractivity contribution in [3.05, 3.63) is 57.0 Å². The summed E-state index contributed by atoms with van der Waals surface area (Å²) in [5.41, 5.74) is 2.08. The molecule has 25 heavy (non-hydrogen) atoms. The Kier molecular flexibility index (Phi) is 8.85. The summed E-state index contributed by atoms with van der Waals surface area (Å²) in [6.45, 7) is 0.728. The molecule has 0 atom stereocenters. The van der Waals surface area contributed by atoms with Gasteiger partial charge in [0, 0.05) is 21.1 Å². The first kappa shape index (κ1) is 20.3. The quantitative estimate of drug-likeness (QED) is 0.409. The summed E-state index contributed by atoms with van der Waals surface area (Å²) in [4.78, 5) is 11.2. The smallest absolute Gasteiger partial charge is 0.224 e. The lowest BCUT2D eigenvalue weighted by Gasteiger charge is -2.17. The first-order chi connectivity index (χ1) is 12.1. The third-order valence-corrected chi connectivity index (χ3v) is 4.97. The van der Waals surface area contributed by atoms with Crippen molar-refractivity contribution in [2.45, 2.75) is 25.7 Å². The van der Waals surface area contributed by atoms with Crippen LogP contribution in [0.4, 0.5) is 5.69 Å². The molecule has 1 heterocycles. The molecule has 1 amide bonds. The molecule has 1 N–H and O–H groups in total. The molecule has 0 aliphatic carbocycles. The van der Waals surface area contributed by atoms with Gasteiger partial charge in [-0.05, 0) is 73.0 Å². The van der Waals surface area contributed by atoms with Crippen LogP contribution in [0.2, 0.25) is 0 Å². The molecule has 6 heteroatoms. The Bertz CT molecular complexity index is 671. The molecule has 3 nitrogen and oxygen atoms in total. The zero-order chi connectivity index (χ0) is 18.1. The van der Waals surface area contributed by atoms with Crippen molar-refractivity contribution in [3.63, 3.8) is 0 Å². The van der Waals surface area contributed by atoms with Crippen LogP contribution in [0.25, 0.3) is 0 Å². The van der Waals surface area contributed by atoms with Gasteiger partial charge < -0.3 is 10.1 Å². The Morgan fingerprint density at radius 1 is 1.00 bits per heavy atom. The van der Waals surface area contributed by atoms with Crippen molar-refractivity contribution < 1.29 is 9.53 Å². The first-order valence-electron chi connectivity index (χ1n) is 8.16. The third-order valence-electron chi connectivity index (χ3n) is 3.60. The van der Waals surface area contributed by atoms with Gasteiger partial charge in [0.25, 0.3) is 0 Å². The van der Waals surface area contributed by atoms with E-state index in [0.717, 1.165) is 57.6 Å². The summed E-state index contributed by atoms with van der Waals surface area (Å²) in [7, 11) is 0. The van der Waals surface area contributed by atoms with E-state index in [9.17, 15) is 4.79 Å². The fourth-order valence-electron chi connectivity index (χ4n) is 2.28. The summed E-state index contributed by atoms with van der Waals surface area (Å²) >= 11 is 10.8. The molecular weight excluding hydrogens is 466 g/mol. The molecule has 1 aliphatic heterocycles. The monoisotopic (exact) mass is 485 g/mol. The van der Waals surface area contributed by atoms with E-state index >= 15 is 0 Å². The molecule has 0 aromatic heterocycles. The van der Waals surface area contributed by atoms with Crippen LogP contribution in [0.1, 0.15) is 24.8 Å². The number of thiol groups is 1. The van der Waals surface area contributed by atoms with Crippen molar-refractivity contribution in [3.8, 4) is 5.75 Å². The molecular formula is C19H21Br2NO2S. The van der Waals surface area contributed by atoms with E-state index in [0.29, 0.717) is 6.42 Å². The van der Waals surface area contributed by atoms with E-state index in [4.69, 9.17) is 4.74 Å². The number of benzene rings is 2. The Balaban J connectivity index is 0.000000236. The second-order valence-electron chi connectivity index (χ2n) is 5.58. The van der Waals surface area contributed by atoms with Crippen LogP contribution < -0.4 is 10.1 Å². The third kappa shape index (κ3) is 7.42. The average molecular weight is 487 g/mol. The minimum absolute atomic E-state index is 0.0972. The van der Waals surface area contributed by atoms with Crippen molar-refractivity contribution in [1.29, 1.82) is 0 Å². The van der Waals surface area contributed by atoms with Gasteiger partial charge in [0.05, 0.1) is 6.61 Å². The van der Waals surface area contributed by atoms with Crippen molar-refractivity contribution >= 4 is 56.1 Å². The highest BCUT2D eigenvalue weighted by molar-refractivity contribution is 9.11. The summed E-state index contributed by atoms with van der Waals surface area (Å²) in [6.07, 6.45) is 3.46. The van der Waals surface area contributed by atoms with E-state index in [-0.39, 0.29) is 5.91 Å². The van der Waals surface area contributed by atoms with E-state index < -0.39 is 0 Å². The molecule has 2 aromatic carbocycles. The molecule has 134 valence electrons. The minimum Gasteiger partial charge on any atom is -0.494 e. The second kappa shape index (κ2) is 10.9. The van der Waals surface area contributed by atoms with Crippen molar-refractivity contribution in [2.75, 3.05) is 17.7 Å². The number of halogens is 2. The van der Waals surface area contributed by atoms with E-state index in [1.165, 1.54) is 0 Å². The van der Waals surface area contributed by atoms with Gasteiger partial charge in [0.2, 0.25) is 5.91 Å². The number of nitrogens with one attached hydrogen (secondary N) is 1. The molecule has 2 aromatic rings. The zero-order valence-electron chi connectivity index (χ0n) is 13.8. The maximum absolute atomic E-state index is 11.2. The van der Waals surface area contributed by atoms with E-state index in [1.54, 1.807) is 0 Å². The van der Waals surface area contributed by atoms with Gasteiger partial charge in [-0.1, -0.05) is 31.9 Å². The number of hydrogen-bond acceptors (Lipinski definition) is 3. The van der Waals surface area contributed by atoms with Gasteiger partial charge in [-0.3, -0.25) is 4.79 Å². The summed E-state index contributed by atoms with van der Waals surface area (Å²) in [5, 5.41) is 2.86. The number of unbranched alkanes of at least 4 members (excludes halogenated alkanes) is 1. The van der Waals surface area contributed by atoms with Crippen LogP contribution in [-0.4, -0.2) is 18.3 Å². The average Bonchev–Trinajstić information content (AvgIpc) is 2.62. The van der Waals surface area contributed by atoms with Gasteiger partial charge in [0.15, 0.2) is 0 Å². The first-order valence-corrected chi connectivity index (χ1v) is 10.4. The van der Waals surface area contributed by atoms with Gasteiger partial charge in [-0.2, -0.15) is 12.6 Å². The maximum Gasteiger partial charge on any atom is 0.224 e. The lowest BCUT2D eigenvalue weighted by molar-refractivity contribution is -0.116. The fourth-order valence-corrected chi connectivity index (χ4v) is 3.04. The number of fused-ring (bicyclic) bond motifs is 1. The van der Waals surface area contributed by atoms with Crippen LogP contribution in [0.5, 0.6) is 5.75 Å². The standard InChI is InChI=1S/C13H17NO2S.C6H4Br2/c15-13-6-3-10-9-11(4-5-12(10)14-13)16-7-1-2-8-17;7-5-1-2-6(8)4-3-5/h4-5,9,17H,1-3,6-8H2,(H,14,15);1-4H. The Hall–Kier alpha value is -0.980. The number of ether oxygens (including phenoxy) is 1. The molecule has 0 fully saturated rings. The summed E-state index contributed by atoms with van der Waals surface area (Å²) < 4.78 is 7.88. The molecule has 3 rings (SSSR count). The van der Waals surface area contributed by atoms with Crippen molar-refractivity contribution in [2.24, 2.45) is 0 Å². The molecule has 0 unspecified atom stereocenters. The molecule has 0 saturated carbocycles. The molecule has 1 aliphatic rings. The second-order valence-corrected chi connectivity index (χ2v) is 7.86. The predicted molar refractivity (Wildman–Crippen MR) is 114 cm³/mol. The van der Waals surface area contributed by atoms with Gasteiger partial charge >= 0.3 is 0 Å². The molecule has 0 radical (unpaired) electrons. The normalized spacial score (nSPS) is 12.5. The Labute approximate surface area is 171 Å². The van der Waals surface area contributed by atoms with Crippen LogP contribution in [-0.2, 0) is 11.2 Å². The maximum atomic E-state index is 11.2. The highest BCUT2D eigenvalue weighted by Gasteiger charge is 2.14. The number of rotatable bonds is 5. The van der Waals surface area contributed by atoms with Crippen LogP contribution in [0.15, 0.2) is 51.4 Å². The SMILES string of the molecule is Brc1ccc(Br)cc1.O=C1CCc2cc(OCCCCS)ccc2N1. The molecule has 0 saturated heterocycles. The molecule has 0 bridgehead atoms. The zero-order valence-corrected chi connectivity index (χ0v) is 17.9. The Morgan fingerprint density at radius 2 is 1.68 bits per heavy atom. The number of carbonyl (C=O) groups excluding carboxylic acids is 1. The number of aryl methyl sites for hydroxylation is 1. The van der Waals surface area contributed by atoms with Gasteiger partial charge in [-0.25, -0.2) is 0 Å². The lowest BCUT2D eigenvalue weighted by Crippen LogP contribution is -2.18. The van der Waals surface area contributed by atoms with E-state index in [1.807, 2.05) is 42.5 Å². The summed E-state index contributed by atoms with van der Waals surface area (Å²) in [6, 6.07) is 13.8. The Morgan fingerprint density at radius 3 is 2.32 bits per heavy atom. The van der Waals surface area contributed by atoms with Gasteiger partial charge in [0.1, 0.15) is 5.75 Å². The number of anilines is 1. The molecule has 0 spiro atoms. The van der Waals surface area contributed by atoms with Crippen molar-refractivity contribution in [1.82, 2.24) is 0 Å². The predicted octanol–water partition coefficient (Wildman–Crippen LogP) is 5.87. The topological polar surface area (TPSA) is 38.3 Å². The van der Waals surface area contributed by atoms with E-state index in [2.05, 4.69) is 49.8 Å². The number of carbonyl (C=O) groups is 1. The number of hydrogen-bond donors (Lipinski definition) is 2. The van der Waals surface area contributed by atoms with Crippen LogP contribution in [0.3, 0.4) is 0 Å². The highest BCUT2D eigenvalue weighted by Crippen LogP contribution is 2.26. The minimum atomic E-state index is 0.0972. The van der Waals surface area contributed by atoms with Gasteiger partial charge in [-0.15, -0.1) is 0 Å². The van der Waals surface area contributed by atoms with Crippen LogP contribution >= 0.6 is 44.5 Å². The fraction of sp³-hybridized carbons (Fsp3) is 0.316.